The average Bonchev–Trinajstić information content (AvgIpc) is 2.92. The number of carbonyl (C=O) groups is 1. The Morgan fingerprint density at radius 1 is 1.26 bits per heavy atom. The van der Waals surface area contributed by atoms with Crippen molar-refractivity contribution in [3.8, 4) is 0 Å². The van der Waals surface area contributed by atoms with E-state index in [-0.39, 0.29) is 12.3 Å². The van der Waals surface area contributed by atoms with Gasteiger partial charge < -0.3 is 4.74 Å². The largest absolute Gasteiger partial charge is 0.461 e. The van der Waals surface area contributed by atoms with E-state index in [0.717, 1.165) is 0 Å². The van der Waals surface area contributed by atoms with Crippen molar-refractivity contribution in [2.75, 3.05) is 6.61 Å². The van der Waals surface area contributed by atoms with Crippen molar-refractivity contribution in [2.24, 2.45) is 5.10 Å². The molecule has 23 heavy (non-hydrogen) atoms. The number of esters is 1. The third kappa shape index (κ3) is 3.24. The first-order chi connectivity index (χ1) is 10.7. The third-order valence-corrected chi connectivity index (χ3v) is 6.49. The molecule has 2 atom stereocenters. The van der Waals surface area contributed by atoms with Crippen LogP contribution in [0.3, 0.4) is 0 Å². The van der Waals surface area contributed by atoms with Crippen LogP contribution in [0.2, 0.25) is 0 Å². The van der Waals surface area contributed by atoms with Gasteiger partial charge in [0.15, 0.2) is 20.9 Å². The molecular formula is C16H22N2O4S. The number of hydrazone groups is 1. The van der Waals surface area contributed by atoms with Gasteiger partial charge in [-0.3, -0.25) is 5.43 Å². The molecule has 7 heteroatoms. The molecule has 2 rings (SSSR count). The van der Waals surface area contributed by atoms with E-state index in [0.29, 0.717) is 5.56 Å². The summed E-state index contributed by atoms with van der Waals surface area (Å²) in [5.41, 5.74) is 3.44. The van der Waals surface area contributed by atoms with Gasteiger partial charge in [0.05, 0.1) is 17.3 Å². The van der Waals surface area contributed by atoms with Crippen LogP contribution in [-0.4, -0.2) is 36.8 Å². The van der Waals surface area contributed by atoms with Gasteiger partial charge in [0, 0.05) is 0 Å². The molecule has 6 nitrogen and oxygen atoms in total. The van der Waals surface area contributed by atoms with Crippen LogP contribution in [0, 0.1) is 0 Å². The van der Waals surface area contributed by atoms with E-state index in [9.17, 15) is 13.2 Å². The predicted molar refractivity (Wildman–Crippen MR) is 88.8 cm³/mol. The number of sulfone groups is 1. The van der Waals surface area contributed by atoms with E-state index < -0.39 is 31.8 Å². The molecule has 1 aliphatic heterocycles. The number of benzene rings is 1. The van der Waals surface area contributed by atoms with Crippen LogP contribution in [-0.2, 0) is 19.4 Å². The molecule has 0 aliphatic carbocycles. The van der Waals surface area contributed by atoms with E-state index in [4.69, 9.17) is 4.74 Å². The average molecular weight is 338 g/mol. The lowest BCUT2D eigenvalue weighted by Gasteiger charge is -2.28. The Labute approximate surface area is 136 Å². The molecule has 1 aromatic rings. The van der Waals surface area contributed by atoms with Crippen molar-refractivity contribution in [1.82, 2.24) is 5.43 Å². The van der Waals surface area contributed by atoms with Gasteiger partial charge in [0.25, 0.3) is 0 Å². The van der Waals surface area contributed by atoms with Gasteiger partial charge in [0.1, 0.15) is 0 Å². The summed E-state index contributed by atoms with van der Waals surface area (Å²) in [5, 5.41) is 2.99. The van der Waals surface area contributed by atoms with Crippen molar-refractivity contribution in [1.29, 1.82) is 0 Å². The number of nitrogens with one attached hydrogen (secondary N) is 1. The molecule has 126 valence electrons. The van der Waals surface area contributed by atoms with Crippen LogP contribution in [0.4, 0.5) is 0 Å². The SMILES string of the molecule is CCOC(=O)C1=NN[C@H](S(=O)(=O)C(C)(C)C)[C@@H]1c1ccccc1. The fourth-order valence-electron chi connectivity index (χ4n) is 2.42. The van der Waals surface area contributed by atoms with Gasteiger partial charge in [-0.05, 0) is 33.3 Å². The Morgan fingerprint density at radius 3 is 2.39 bits per heavy atom. The second kappa shape index (κ2) is 6.31. The minimum absolute atomic E-state index is 0.0934. The molecule has 0 unspecified atom stereocenters. The van der Waals surface area contributed by atoms with E-state index in [2.05, 4.69) is 10.5 Å². The molecule has 0 saturated carbocycles. The van der Waals surface area contributed by atoms with Crippen molar-refractivity contribution in [3.05, 3.63) is 35.9 Å². The Balaban J connectivity index is 2.49. The fraction of sp³-hybridized carbons (Fsp3) is 0.500. The molecule has 1 aliphatic rings. The molecule has 0 radical (unpaired) electrons. The van der Waals surface area contributed by atoms with Crippen LogP contribution in [0.15, 0.2) is 35.4 Å². The van der Waals surface area contributed by atoms with Crippen LogP contribution in [0.5, 0.6) is 0 Å². The summed E-state index contributed by atoms with van der Waals surface area (Å²) in [6.45, 7) is 6.80. The highest BCUT2D eigenvalue weighted by Crippen LogP contribution is 2.34. The minimum atomic E-state index is -3.59. The Kier molecular flexibility index (Phi) is 4.79. The van der Waals surface area contributed by atoms with Crippen LogP contribution >= 0.6 is 0 Å². The highest BCUT2D eigenvalue weighted by atomic mass is 32.2. The normalized spacial score (nSPS) is 21.5. The number of hydrogen-bond acceptors (Lipinski definition) is 6. The second-order valence-electron chi connectivity index (χ2n) is 6.31. The number of rotatable bonds is 4. The third-order valence-electron chi connectivity index (χ3n) is 3.74. The summed E-state index contributed by atoms with van der Waals surface area (Å²) >= 11 is 0. The van der Waals surface area contributed by atoms with Crippen LogP contribution < -0.4 is 5.43 Å². The standard InChI is InChI=1S/C16H22N2O4S/c1-5-22-15(19)13-12(11-9-7-6-8-10-11)14(18-17-13)23(20,21)16(2,3)4/h6-10,12,14,18H,5H2,1-4H3/t12-,14-/m1/s1. The predicted octanol–water partition coefficient (Wildman–Crippen LogP) is 1.83. The van der Waals surface area contributed by atoms with E-state index >= 15 is 0 Å². The molecule has 1 heterocycles. The quantitative estimate of drug-likeness (QED) is 0.847. The van der Waals surface area contributed by atoms with Crippen LogP contribution in [0.1, 0.15) is 39.2 Å². The molecule has 0 bridgehead atoms. The second-order valence-corrected chi connectivity index (χ2v) is 9.14. The van der Waals surface area contributed by atoms with Gasteiger partial charge >= 0.3 is 5.97 Å². The smallest absolute Gasteiger partial charge is 0.355 e. The zero-order valence-corrected chi connectivity index (χ0v) is 14.6. The molecule has 0 amide bonds. The number of ether oxygens (including phenoxy) is 1. The molecule has 0 fully saturated rings. The summed E-state index contributed by atoms with van der Waals surface area (Å²) in [6, 6.07) is 9.02. The van der Waals surface area contributed by atoms with Gasteiger partial charge in [-0.2, -0.15) is 5.10 Å². The highest BCUT2D eigenvalue weighted by molar-refractivity contribution is 7.93. The summed E-state index contributed by atoms with van der Waals surface area (Å²) in [6.07, 6.45) is 0. The number of nitrogens with zero attached hydrogens (tertiary/aromatic N) is 1. The van der Waals surface area contributed by atoms with Crippen LogP contribution in [0.25, 0.3) is 0 Å². The van der Waals surface area contributed by atoms with E-state index in [1.165, 1.54) is 0 Å². The summed E-state index contributed by atoms with van der Waals surface area (Å²) in [7, 11) is -3.59. The number of hydrogen-bond donors (Lipinski definition) is 1. The van der Waals surface area contributed by atoms with Crippen molar-refractivity contribution in [3.63, 3.8) is 0 Å². The maximum atomic E-state index is 12.9. The monoisotopic (exact) mass is 338 g/mol. The first-order valence-corrected chi connectivity index (χ1v) is 9.03. The molecule has 1 N–H and O–H groups in total. The Morgan fingerprint density at radius 2 is 1.87 bits per heavy atom. The first kappa shape index (κ1) is 17.5. The summed E-state index contributed by atoms with van der Waals surface area (Å²) in [4.78, 5) is 12.2. The molecule has 0 saturated heterocycles. The Bertz CT molecular complexity index is 705. The molecule has 0 spiro atoms. The van der Waals surface area contributed by atoms with E-state index in [1.54, 1.807) is 52.0 Å². The Hall–Kier alpha value is -1.89. The highest BCUT2D eigenvalue weighted by Gasteiger charge is 2.48. The lowest BCUT2D eigenvalue weighted by molar-refractivity contribution is -0.135. The van der Waals surface area contributed by atoms with Gasteiger partial charge in [-0.25, -0.2) is 13.2 Å². The summed E-state index contributed by atoms with van der Waals surface area (Å²) < 4.78 is 29.8. The fourth-order valence-corrected chi connectivity index (χ4v) is 4.02. The molecule has 1 aromatic carbocycles. The van der Waals surface area contributed by atoms with Gasteiger partial charge in [-0.1, -0.05) is 30.3 Å². The van der Waals surface area contributed by atoms with Crippen molar-refractivity contribution >= 4 is 21.5 Å². The zero-order valence-electron chi connectivity index (χ0n) is 13.7. The lowest BCUT2D eigenvalue weighted by Crippen LogP contribution is -2.46. The van der Waals surface area contributed by atoms with Gasteiger partial charge in [0.2, 0.25) is 0 Å². The first-order valence-electron chi connectivity index (χ1n) is 7.48. The maximum absolute atomic E-state index is 12.9. The number of carbonyl (C=O) groups excluding carboxylic acids is 1. The summed E-state index contributed by atoms with van der Waals surface area (Å²) in [5.74, 6) is -1.29. The zero-order chi connectivity index (χ0) is 17.3. The van der Waals surface area contributed by atoms with Gasteiger partial charge in [-0.15, -0.1) is 0 Å². The van der Waals surface area contributed by atoms with E-state index in [1.807, 2.05) is 6.07 Å². The molecule has 0 aromatic heterocycles. The lowest BCUT2D eigenvalue weighted by atomic mass is 9.94. The minimum Gasteiger partial charge on any atom is -0.461 e. The maximum Gasteiger partial charge on any atom is 0.355 e. The van der Waals surface area contributed by atoms with Crippen molar-refractivity contribution in [2.45, 2.75) is 43.7 Å². The topological polar surface area (TPSA) is 84.8 Å². The van der Waals surface area contributed by atoms with Crippen molar-refractivity contribution < 1.29 is 17.9 Å². The molecular weight excluding hydrogens is 316 g/mol.